The Morgan fingerprint density at radius 1 is 0.891 bits per heavy atom. The second-order valence-electron chi connectivity index (χ2n) is 13.3. The Morgan fingerprint density at radius 3 is 2.30 bits per heavy atom. The molecule has 10 nitrogen and oxygen atoms in total. The third-order valence-electron chi connectivity index (χ3n) is 10.5. The average molecular weight is 628 g/mol. The van der Waals surface area contributed by atoms with Gasteiger partial charge in [0.25, 0.3) is 0 Å². The number of para-hydroxylation sites is 1. The minimum atomic E-state index is -1.16. The van der Waals surface area contributed by atoms with Crippen molar-refractivity contribution in [1.29, 1.82) is 0 Å². The Labute approximate surface area is 271 Å². The van der Waals surface area contributed by atoms with Crippen LogP contribution in [0.3, 0.4) is 0 Å². The number of piperazine rings is 1. The van der Waals surface area contributed by atoms with Crippen LogP contribution in [-0.4, -0.2) is 102 Å². The maximum Gasteiger partial charge on any atom is 0.246 e. The molecule has 5 atom stereocenters. The number of carbonyl (C=O) groups excluding carboxylic acids is 3. The van der Waals surface area contributed by atoms with Crippen molar-refractivity contribution < 1.29 is 23.9 Å². The van der Waals surface area contributed by atoms with Gasteiger partial charge in [-0.15, -0.1) is 0 Å². The fourth-order valence-electron chi connectivity index (χ4n) is 8.07. The largest absolute Gasteiger partial charge is 0.457 e. The molecule has 1 aliphatic carbocycles. The van der Waals surface area contributed by atoms with Gasteiger partial charge >= 0.3 is 0 Å². The van der Waals surface area contributed by atoms with Crippen LogP contribution in [0.25, 0.3) is 0 Å². The second kappa shape index (κ2) is 13.2. The first-order chi connectivity index (χ1) is 22.4. The third kappa shape index (κ3) is 5.94. The molecule has 2 aromatic carbocycles. The van der Waals surface area contributed by atoms with E-state index < -0.39 is 29.6 Å². The van der Waals surface area contributed by atoms with Crippen molar-refractivity contribution in [2.75, 3.05) is 51.1 Å². The molecule has 46 heavy (non-hydrogen) atoms. The van der Waals surface area contributed by atoms with E-state index in [1.165, 1.54) is 6.42 Å². The van der Waals surface area contributed by atoms with E-state index in [2.05, 4.69) is 27.4 Å². The molecule has 0 unspecified atom stereocenters. The Morgan fingerprint density at radius 2 is 1.59 bits per heavy atom. The van der Waals surface area contributed by atoms with Crippen LogP contribution in [0.4, 0.5) is 5.69 Å². The number of carbonyl (C=O) groups is 3. The number of ether oxygens (including phenoxy) is 2. The summed E-state index contributed by atoms with van der Waals surface area (Å²) >= 11 is 0. The van der Waals surface area contributed by atoms with Crippen molar-refractivity contribution in [2.45, 2.75) is 62.8 Å². The van der Waals surface area contributed by atoms with Crippen LogP contribution in [0.2, 0.25) is 0 Å². The van der Waals surface area contributed by atoms with Gasteiger partial charge in [-0.25, -0.2) is 0 Å². The molecule has 244 valence electrons. The van der Waals surface area contributed by atoms with Crippen molar-refractivity contribution in [1.82, 2.24) is 20.0 Å². The smallest absolute Gasteiger partial charge is 0.246 e. The lowest BCUT2D eigenvalue weighted by Crippen LogP contribution is -2.57. The molecule has 1 spiro atoms. The number of rotatable bonds is 10. The molecule has 2 N–H and O–H groups in total. The summed E-state index contributed by atoms with van der Waals surface area (Å²) in [5, 5.41) is 6.30. The third-order valence-corrected chi connectivity index (χ3v) is 10.5. The Balaban J connectivity index is 1.08. The highest BCUT2D eigenvalue weighted by Crippen LogP contribution is 2.55. The zero-order valence-electron chi connectivity index (χ0n) is 26.6. The Hall–Kier alpha value is -3.73. The van der Waals surface area contributed by atoms with Gasteiger partial charge in [0.2, 0.25) is 17.7 Å². The molecule has 4 fully saturated rings. The summed E-state index contributed by atoms with van der Waals surface area (Å²) in [6.45, 7) is 8.17. The van der Waals surface area contributed by atoms with Crippen molar-refractivity contribution in [3.63, 3.8) is 0 Å². The van der Waals surface area contributed by atoms with E-state index in [0.29, 0.717) is 24.5 Å². The number of hydrogen-bond acceptors (Lipinski definition) is 7. The highest BCUT2D eigenvalue weighted by Gasteiger charge is 2.72. The first-order valence-electron chi connectivity index (χ1n) is 17.0. The molecule has 2 bridgehead atoms. The molecule has 4 aliphatic heterocycles. The fraction of sp³-hybridized carbons (Fsp3) is 0.528. The van der Waals surface area contributed by atoms with Crippen LogP contribution in [0.5, 0.6) is 11.5 Å². The molecular weight excluding hydrogens is 582 g/mol. The Bertz CT molecular complexity index is 1440. The van der Waals surface area contributed by atoms with Gasteiger partial charge in [-0.3, -0.25) is 19.3 Å². The van der Waals surface area contributed by atoms with Gasteiger partial charge in [-0.1, -0.05) is 56.5 Å². The first-order valence-corrected chi connectivity index (χ1v) is 17.0. The molecule has 0 radical (unpaired) electrons. The van der Waals surface area contributed by atoms with Gasteiger partial charge < -0.3 is 29.9 Å². The first kappa shape index (κ1) is 30.9. The van der Waals surface area contributed by atoms with Crippen molar-refractivity contribution in [2.24, 2.45) is 11.8 Å². The summed E-state index contributed by atoms with van der Waals surface area (Å²) in [5.74, 6) is -0.740. The molecule has 4 heterocycles. The van der Waals surface area contributed by atoms with Crippen molar-refractivity contribution >= 4 is 23.4 Å². The predicted octanol–water partition coefficient (Wildman–Crippen LogP) is 3.65. The number of anilines is 1. The van der Waals surface area contributed by atoms with Gasteiger partial charge in [0, 0.05) is 51.0 Å². The minimum absolute atomic E-state index is 0.103. The number of benzene rings is 2. The molecule has 5 aliphatic rings. The number of amides is 3. The highest BCUT2D eigenvalue weighted by atomic mass is 16.5. The standard InChI is InChI=1S/C36H45N5O5/c1-2-39-19-21-40(22-20-39)23-24-41-32(34(43)38-25-9-5-3-6-10-25)36-18-17-29(46-36)30(31(36)35(41)44)33(42)37-26-13-15-28(16-14-26)45-27-11-7-4-8-12-27/h4,7-8,11-18,25,29-32H,2-3,5-6,9-10,19-24H2,1H3,(H,37,42)(H,38,43)/t29-,30-,31-,32+,36+/m1/s1. The van der Waals surface area contributed by atoms with E-state index in [0.717, 1.165) is 64.2 Å². The number of likely N-dealkylation sites (tertiary alicyclic amines) is 1. The average Bonchev–Trinajstić information content (AvgIpc) is 3.73. The molecule has 3 saturated heterocycles. The lowest BCUT2D eigenvalue weighted by atomic mass is 9.74. The van der Waals surface area contributed by atoms with Gasteiger partial charge in [0.15, 0.2) is 0 Å². The number of fused-ring (bicyclic) bond motifs is 1. The summed E-state index contributed by atoms with van der Waals surface area (Å²) in [6.07, 6.45) is 8.47. The quantitative estimate of drug-likeness (QED) is 0.388. The molecule has 2 aromatic rings. The fourth-order valence-corrected chi connectivity index (χ4v) is 8.07. The number of hydrogen-bond donors (Lipinski definition) is 2. The van der Waals surface area contributed by atoms with Crippen LogP contribution in [0, 0.1) is 11.8 Å². The lowest BCUT2D eigenvalue weighted by molar-refractivity contribution is -0.141. The monoisotopic (exact) mass is 627 g/mol. The van der Waals surface area contributed by atoms with E-state index in [1.54, 1.807) is 29.2 Å². The molecule has 0 aromatic heterocycles. The van der Waals surface area contributed by atoms with Crippen LogP contribution in [0.15, 0.2) is 66.7 Å². The number of likely N-dealkylation sites (N-methyl/N-ethyl adjacent to an activating group) is 1. The predicted molar refractivity (Wildman–Crippen MR) is 174 cm³/mol. The summed E-state index contributed by atoms with van der Waals surface area (Å²) < 4.78 is 12.4. The zero-order chi connectivity index (χ0) is 31.7. The summed E-state index contributed by atoms with van der Waals surface area (Å²) in [4.78, 5) is 48.8. The second-order valence-corrected chi connectivity index (χ2v) is 13.3. The molecule has 7 rings (SSSR count). The van der Waals surface area contributed by atoms with E-state index >= 15 is 0 Å². The topological polar surface area (TPSA) is 103 Å². The molecular formula is C36H45N5O5. The zero-order valence-corrected chi connectivity index (χ0v) is 26.6. The summed E-state index contributed by atoms with van der Waals surface area (Å²) in [5.41, 5.74) is -0.553. The minimum Gasteiger partial charge on any atom is -0.457 e. The van der Waals surface area contributed by atoms with Crippen molar-refractivity contribution in [3.8, 4) is 11.5 Å². The van der Waals surface area contributed by atoms with Crippen LogP contribution >= 0.6 is 0 Å². The van der Waals surface area contributed by atoms with E-state index in [4.69, 9.17) is 9.47 Å². The number of nitrogens with zero attached hydrogens (tertiary/aromatic N) is 3. The lowest BCUT2D eigenvalue weighted by Gasteiger charge is -2.37. The SMILES string of the molecule is CCN1CCN(CCN2C(=O)[C@H]3[C@H](C(=O)Nc4ccc(Oc5ccccc5)cc4)[C@H]4C=C[C@@]3(O4)[C@@H]2C(=O)NC2CCCCC2)CC1. The van der Waals surface area contributed by atoms with Gasteiger partial charge in [0.05, 0.1) is 17.9 Å². The number of nitrogens with one attached hydrogen (secondary N) is 2. The van der Waals surface area contributed by atoms with Crippen molar-refractivity contribution in [3.05, 3.63) is 66.7 Å². The van der Waals surface area contributed by atoms with E-state index in [-0.39, 0.29) is 23.8 Å². The van der Waals surface area contributed by atoms with E-state index in [9.17, 15) is 14.4 Å². The normalized spacial score (nSPS) is 29.6. The van der Waals surface area contributed by atoms with Crippen LogP contribution < -0.4 is 15.4 Å². The maximum absolute atomic E-state index is 14.3. The van der Waals surface area contributed by atoms with E-state index in [1.807, 2.05) is 42.5 Å². The molecule has 1 saturated carbocycles. The van der Waals surface area contributed by atoms with Gasteiger partial charge in [-0.05, 0) is 55.8 Å². The van der Waals surface area contributed by atoms with Gasteiger partial charge in [-0.2, -0.15) is 0 Å². The highest BCUT2D eigenvalue weighted by molar-refractivity contribution is 6.02. The summed E-state index contributed by atoms with van der Waals surface area (Å²) in [7, 11) is 0. The van der Waals surface area contributed by atoms with Crippen LogP contribution in [-0.2, 0) is 19.1 Å². The Kier molecular flexibility index (Phi) is 8.85. The molecule has 3 amide bonds. The van der Waals surface area contributed by atoms with Crippen LogP contribution in [0.1, 0.15) is 39.0 Å². The summed E-state index contributed by atoms with van der Waals surface area (Å²) in [6, 6.07) is 16.0. The molecule has 10 heteroatoms. The van der Waals surface area contributed by atoms with Gasteiger partial charge in [0.1, 0.15) is 23.1 Å². The maximum atomic E-state index is 14.3.